The monoisotopic (exact) mass is 248 g/mol. The van der Waals surface area contributed by atoms with Gasteiger partial charge in [-0.05, 0) is 18.6 Å². The first-order chi connectivity index (χ1) is 8.80. The third kappa shape index (κ3) is 2.54. The van der Waals surface area contributed by atoms with E-state index in [-0.39, 0.29) is 6.29 Å². The summed E-state index contributed by atoms with van der Waals surface area (Å²) in [5.74, 6) is 1.10. The molecular weight excluding hydrogens is 228 g/mol. The highest BCUT2D eigenvalue weighted by molar-refractivity contribution is 5.75. The lowest BCUT2D eigenvalue weighted by Crippen LogP contribution is -2.21. The number of benzene rings is 1. The molecule has 0 fully saturated rings. The van der Waals surface area contributed by atoms with E-state index in [1.807, 2.05) is 18.2 Å². The summed E-state index contributed by atoms with van der Waals surface area (Å²) in [4.78, 5) is 4.68. The Morgan fingerprint density at radius 3 is 2.61 bits per heavy atom. The van der Waals surface area contributed by atoms with Crippen LogP contribution in [-0.2, 0) is 22.4 Å². The number of hydrogen-bond donors (Lipinski definition) is 0. The van der Waals surface area contributed by atoms with Crippen molar-refractivity contribution in [3.8, 4) is 0 Å². The number of hydrogen-bond acceptors (Lipinski definition) is 3. The van der Waals surface area contributed by atoms with E-state index in [1.165, 1.54) is 0 Å². The van der Waals surface area contributed by atoms with Gasteiger partial charge < -0.3 is 14.0 Å². The highest BCUT2D eigenvalue weighted by atomic mass is 16.7. The highest BCUT2D eigenvalue weighted by Crippen LogP contribution is 2.18. The second-order valence-electron chi connectivity index (χ2n) is 4.28. The molecule has 98 valence electrons. The molecule has 0 spiro atoms. The molecule has 1 aromatic heterocycles. The Balaban J connectivity index is 2.41. The number of ether oxygens (including phenoxy) is 2. The first-order valence-electron chi connectivity index (χ1n) is 6.29. The molecule has 0 radical (unpaired) electrons. The number of fused-ring (bicyclic) bond motifs is 1. The summed E-state index contributed by atoms with van der Waals surface area (Å²) in [5, 5.41) is 0. The molecule has 2 rings (SSSR count). The van der Waals surface area contributed by atoms with E-state index in [9.17, 15) is 0 Å². The van der Waals surface area contributed by atoms with Crippen molar-refractivity contribution in [2.24, 2.45) is 0 Å². The van der Waals surface area contributed by atoms with Crippen LogP contribution in [0.2, 0.25) is 0 Å². The van der Waals surface area contributed by atoms with Crippen LogP contribution >= 0.6 is 0 Å². The summed E-state index contributed by atoms with van der Waals surface area (Å²) in [6.45, 7) is 2.83. The number of para-hydroxylation sites is 2. The zero-order chi connectivity index (χ0) is 13.0. The lowest BCUT2D eigenvalue weighted by atomic mass is 10.3. The molecule has 0 N–H and O–H groups in total. The lowest BCUT2D eigenvalue weighted by molar-refractivity contribution is -0.110. The average molecular weight is 248 g/mol. The molecule has 18 heavy (non-hydrogen) atoms. The van der Waals surface area contributed by atoms with E-state index in [0.29, 0.717) is 6.54 Å². The molecule has 1 aromatic carbocycles. The van der Waals surface area contributed by atoms with Crippen LogP contribution in [0.15, 0.2) is 24.3 Å². The molecule has 4 nitrogen and oxygen atoms in total. The topological polar surface area (TPSA) is 36.3 Å². The van der Waals surface area contributed by atoms with Gasteiger partial charge in [-0.2, -0.15) is 0 Å². The van der Waals surface area contributed by atoms with Crippen LogP contribution in [-0.4, -0.2) is 30.1 Å². The molecule has 0 aliphatic heterocycles. The van der Waals surface area contributed by atoms with Crippen molar-refractivity contribution in [1.29, 1.82) is 0 Å². The Bertz CT molecular complexity index is 503. The van der Waals surface area contributed by atoms with Crippen LogP contribution in [0.4, 0.5) is 0 Å². The van der Waals surface area contributed by atoms with Crippen molar-refractivity contribution in [1.82, 2.24) is 9.55 Å². The van der Waals surface area contributed by atoms with E-state index in [2.05, 4.69) is 22.5 Å². The summed E-state index contributed by atoms with van der Waals surface area (Å²) in [6, 6.07) is 8.17. The maximum Gasteiger partial charge on any atom is 0.174 e. The van der Waals surface area contributed by atoms with Crippen molar-refractivity contribution in [3.63, 3.8) is 0 Å². The molecule has 0 saturated carbocycles. The van der Waals surface area contributed by atoms with Gasteiger partial charge in [-0.3, -0.25) is 0 Å². The number of methoxy groups -OCH3 is 2. The summed E-state index contributed by atoms with van der Waals surface area (Å²) >= 11 is 0. The second kappa shape index (κ2) is 5.98. The van der Waals surface area contributed by atoms with Gasteiger partial charge in [-0.1, -0.05) is 19.1 Å². The average Bonchev–Trinajstić information content (AvgIpc) is 2.74. The predicted octanol–water partition coefficient (Wildman–Crippen LogP) is 2.61. The smallest absolute Gasteiger partial charge is 0.174 e. The Morgan fingerprint density at radius 2 is 1.94 bits per heavy atom. The number of imidazole rings is 1. The first-order valence-corrected chi connectivity index (χ1v) is 6.29. The fourth-order valence-corrected chi connectivity index (χ4v) is 2.14. The maximum absolute atomic E-state index is 5.28. The lowest BCUT2D eigenvalue weighted by Gasteiger charge is -2.16. The van der Waals surface area contributed by atoms with Crippen LogP contribution in [0.5, 0.6) is 0 Å². The minimum absolute atomic E-state index is 0.238. The molecule has 0 atom stereocenters. The van der Waals surface area contributed by atoms with Crippen molar-refractivity contribution in [2.75, 3.05) is 14.2 Å². The Labute approximate surface area is 108 Å². The van der Waals surface area contributed by atoms with Gasteiger partial charge >= 0.3 is 0 Å². The quantitative estimate of drug-likeness (QED) is 0.737. The Kier molecular flexibility index (Phi) is 4.33. The summed E-state index contributed by atoms with van der Waals surface area (Å²) < 4.78 is 12.8. The van der Waals surface area contributed by atoms with E-state index < -0.39 is 0 Å². The van der Waals surface area contributed by atoms with Crippen molar-refractivity contribution >= 4 is 11.0 Å². The minimum atomic E-state index is -0.238. The molecule has 0 aliphatic carbocycles. The summed E-state index contributed by atoms with van der Waals surface area (Å²) in [6.07, 6.45) is 1.81. The molecular formula is C14H20N2O2. The van der Waals surface area contributed by atoms with E-state index in [1.54, 1.807) is 14.2 Å². The number of nitrogens with zero attached hydrogens (tertiary/aromatic N) is 2. The molecule has 0 saturated heterocycles. The SMILES string of the molecule is CCCc1nc2ccccc2n1CC(OC)OC. The van der Waals surface area contributed by atoms with Crippen molar-refractivity contribution < 1.29 is 9.47 Å². The van der Waals surface area contributed by atoms with Gasteiger partial charge in [0, 0.05) is 20.6 Å². The van der Waals surface area contributed by atoms with Crippen LogP contribution in [0.25, 0.3) is 11.0 Å². The molecule has 0 unspecified atom stereocenters. The van der Waals surface area contributed by atoms with Gasteiger partial charge in [0.1, 0.15) is 5.82 Å². The normalized spacial score (nSPS) is 11.6. The zero-order valence-electron chi connectivity index (χ0n) is 11.2. The van der Waals surface area contributed by atoms with Crippen LogP contribution < -0.4 is 0 Å². The molecule has 0 bridgehead atoms. The van der Waals surface area contributed by atoms with Gasteiger partial charge in [0.15, 0.2) is 6.29 Å². The van der Waals surface area contributed by atoms with Crippen LogP contribution in [0.1, 0.15) is 19.2 Å². The molecule has 2 aromatic rings. The van der Waals surface area contributed by atoms with Crippen molar-refractivity contribution in [2.45, 2.75) is 32.6 Å². The summed E-state index contributed by atoms with van der Waals surface area (Å²) in [7, 11) is 3.32. The summed E-state index contributed by atoms with van der Waals surface area (Å²) in [5.41, 5.74) is 2.17. The van der Waals surface area contributed by atoms with E-state index in [0.717, 1.165) is 29.7 Å². The third-order valence-corrected chi connectivity index (χ3v) is 3.06. The number of aromatic nitrogens is 2. The number of rotatable bonds is 6. The van der Waals surface area contributed by atoms with Gasteiger partial charge in [-0.25, -0.2) is 4.98 Å². The van der Waals surface area contributed by atoms with Crippen LogP contribution in [0.3, 0.4) is 0 Å². The zero-order valence-corrected chi connectivity index (χ0v) is 11.2. The molecule has 0 aliphatic rings. The van der Waals surface area contributed by atoms with Gasteiger partial charge in [-0.15, -0.1) is 0 Å². The maximum atomic E-state index is 5.28. The van der Waals surface area contributed by atoms with Gasteiger partial charge in [0.2, 0.25) is 0 Å². The fourth-order valence-electron chi connectivity index (χ4n) is 2.14. The molecule has 4 heteroatoms. The molecule has 1 heterocycles. The van der Waals surface area contributed by atoms with E-state index >= 15 is 0 Å². The van der Waals surface area contributed by atoms with Crippen molar-refractivity contribution in [3.05, 3.63) is 30.1 Å². The Hall–Kier alpha value is -1.39. The Morgan fingerprint density at radius 1 is 1.22 bits per heavy atom. The van der Waals surface area contributed by atoms with Gasteiger partial charge in [0.25, 0.3) is 0 Å². The van der Waals surface area contributed by atoms with E-state index in [4.69, 9.17) is 9.47 Å². The van der Waals surface area contributed by atoms with Gasteiger partial charge in [0.05, 0.1) is 17.6 Å². The predicted molar refractivity (Wildman–Crippen MR) is 71.5 cm³/mol. The third-order valence-electron chi connectivity index (χ3n) is 3.06. The second-order valence-corrected chi connectivity index (χ2v) is 4.28. The first kappa shape index (κ1) is 13.1. The number of aryl methyl sites for hydroxylation is 1. The van der Waals surface area contributed by atoms with Crippen LogP contribution in [0, 0.1) is 0 Å². The highest BCUT2D eigenvalue weighted by Gasteiger charge is 2.14. The fraction of sp³-hybridized carbons (Fsp3) is 0.500. The standard InChI is InChI=1S/C14H20N2O2/c1-4-7-13-15-11-8-5-6-9-12(11)16(13)10-14(17-2)18-3/h5-6,8-9,14H,4,7,10H2,1-3H3. The molecule has 0 amide bonds. The largest absolute Gasteiger partial charge is 0.354 e. The minimum Gasteiger partial charge on any atom is -0.354 e.